The van der Waals surface area contributed by atoms with Crippen LogP contribution in [0.2, 0.25) is 10.0 Å². The average Bonchev–Trinajstić information content (AvgIpc) is 3.18. The van der Waals surface area contributed by atoms with Crippen LogP contribution in [0.5, 0.6) is 5.88 Å². The van der Waals surface area contributed by atoms with Crippen LogP contribution in [-0.2, 0) is 13.6 Å². The number of carbonyl (C=O) groups excluding carboxylic acids is 2. The van der Waals surface area contributed by atoms with Gasteiger partial charge in [-0.15, -0.1) is 0 Å². The minimum atomic E-state index is -0.482. The van der Waals surface area contributed by atoms with E-state index in [2.05, 4.69) is 10.2 Å². The molecule has 0 saturated carbocycles. The fraction of sp³-hybridized carbons (Fsp3) is 0.222. The van der Waals surface area contributed by atoms with Crippen LogP contribution in [0.25, 0.3) is 11.3 Å². The lowest BCUT2D eigenvalue weighted by Gasteiger charge is -2.11. The SMILES string of the molecule is CCn1ncc(C(=O)c2ccc(Cl)c(-c3cc(C(C)=O)nn3C)c2Cl)c1O. The van der Waals surface area contributed by atoms with Gasteiger partial charge in [0.15, 0.2) is 5.78 Å². The average molecular weight is 407 g/mol. The third kappa shape index (κ3) is 3.24. The number of hydrogen-bond donors (Lipinski definition) is 1. The summed E-state index contributed by atoms with van der Waals surface area (Å²) >= 11 is 12.8. The number of rotatable bonds is 5. The second-order valence-electron chi connectivity index (χ2n) is 5.91. The highest BCUT2D eigenvalue weighted by molar-refractivity contribution is 6.41. The molecule has 0 aliphatic heterocycles. The van der Waals surface area contributed by atoms with Crippen molar-refractivity contribution in [3.05, 3.63) is 51.3 Å². The Morgan fingerprint density at radius 3 is 2.48 bits per heavy atom. The maximum absolute atomic E-state index is 12.9. The largest absolute Gasteiger partial charge is 0.493 e. The van der Waals surface area contributed by atoms with Gasteiger partial charge in [0.1, 0.15) is 11.3 Å². The number of ketones is 2. The van der Waals surface area contributed by atoms with E-state index in [1.54, 1.807) is 20.0 Å². The van der Waals surface area contributed by atoms with E-state index < -0.39 is 5.78 Å². The summed E-state index contributed by atoms with van der Waals surface area (Å²) in [5.41, 5.74) is 1.35. The van der Waals surface area contributed by atoms with Crippen LogP contribution < -0.4 is 0 Å². The first-order chi connectivity index (χ1) is 12.8. The van der Waals surface area contributed by atoms with Crippen LogP contribution in [0.3, 0.4) is 0 Å². The molecule has 0 saturated heterocycles. The van der Waals surface area contributed by atoms with Crippen molar-refractivity contribution in [2.45, 2.75) is 20.4 Å². The van der Waals surface area contributed by atoms with E-state index in [0.717, 1.165) is 0 Å². The molecule has 2 aromatic heterocycles. The number of aromatic hydroxyl groups is 1. The molecule has 27 heavy (non-hydrogen) atoms. The molecule has 0 aliphatic carbocycles. The number of halogens is 2. The molecule has 0 unspecified atom stereocenters. The zero-order valence-corrected chi connectivity index (χ0v) is 16.3. The zero-order valence-electron chi connectivity index (χ0n) is 14.8. The van der Waals surface area contributed by atoms with Crippen molar-refractivity contribution in [2.24, 2.45) is 7.05 Å². The maximum Gasteiger partial charge on any atom is 0.220 e. The molecule has 0 bridgehead atoms. The fourth-order valence-electron chi connectivity index (χ4n) is 2.75. The summed E-state index contributed by atoms with van der Waals surface area (Å²) in [5, 5.41) is 18.7. The highest BCUT2D eigenvalue weighted by Crippen LogP contribution is 2.38. The Balaban J connectivity index is 2.15. The number of benzene rings is 1. The van der Waals surface area contributed by atoms with Gasteiger partial charge in [-0.25, -0.2) is 4.68 Å². The van der Waals surface area contributed by atoms with Crippen LogP contribution in [0.4, 0.5) is 0 Å². The molecule has 7 nitrogen and oxygen atoms in total. The lowest BCUT2D eigenvalue weighted by molar-refractivity contribution is 0.101. The first-order valence-electron chi connectivity index (χ1n) is 8.09. The zero-order chi connectivity index (χ0) is 19.9. The van der Waals surface area contributed by atoms with Crippen molar-refractivity contribution in [1.82, 2.24) is 19.6 Å². The van der Waals surface area contributed by atoms with E-state index in [4.69, 9.17) is 23.2 Å². The van der Waals surface area contributed by atoms with Crippen molar-refractivity contribution < 1.29 is 14.7 Å². The summed E-state index contributed by atoms with van der Waals surface area (Å²) in [6.45, 7) is 3.62. The van der Waals surface area contributed by atoms with E-state index in [9.17, 15) is 14.7 Å². The highest BCUT2D eigenvalue weighted by atomic mass is 35.5. The molecule has 0 atom stereocenters. The van der Waals surface area contributed by atoms with E-state index in [1.165, 1.54) is 34.6 Å². The molecule has 9 heteroatoms. The molecule has 0 fully saturated rings. The Bertz CT molecular complexity index is 1070. The molecule has 0 amide bonds. The number of aromatic nitrogens is 4. The van der Waals surface area contributed by atoms with Crippen molar-refractivity contribution in [3.63, 3.8) is 0 Å². The first-order valence-corrected chi connectivity index (χ1v) is 8.84. The standard InChI is InChI=1S/C18H16Cl2N4O3/c1-4-24-18(27)11(8-21-24)17(26)10-5-6-12(19)15(16(10)20)14-7-13(9(2)25)22-23(14)3/h5-8,27H,4H2,1-3H3. The summed E-state index contributed by atoms with van der Waals surface area (Å²) in [7, 11) is 1.65. The third-order valence-corrected chi connectivity index (χ3v) is 4.90. The molecular weight excluding hydrogens is 391 g/mol. The second-order valence-corrected chi connectivity index (χ2v) is 6.69. The van der Waals surface area contributed by atoms with Crippen LogP contribution in [0.1, 0.15) is 40.3 Å². The van der Waals surface area contributed by atoms with E-state index >= 15 is 0 Å². The predicted octanol–water partition coefficient (Wildman–Crippen LogP) is 3.75. The van der Waals surface area contributed by atoms with Gasteiger partial charge < -0.3 is 5.11 Å². The van der Waals surface area contributed by atoms with Gasteiger partial charge in [0.05, 0.1) is 21.9 Å². The lowest BCUT2D eigenvalue weighted by atomic mass is 10.0. The molecule has 3 rings (SSSR count). The van der Waals surface area contributed by atoms with Crippen LogP contribution in [-0.4, -0.2) is 36.2 Å². The van der Waals surface area contributed by atoms with E-state index in [-0.39, 0.29) is 33.5 Å². The number of Topliss-reactive ketones (excluding diaryl/α,β-unsaturated/α-hetero) is 1. The van der Waals surface area contributed by atoms with Crippen molar-refractivity contribution in [1.29, 1.82) is 0 Å². The topological polar surface area (TPSA) is 90.0 Å². The monoisotopic (exact) mass is 406 g/mol. The van der Waals surface area contributed by atoms with E-state index in [0.29, 0.717) is 22.8 Å². The Morgan fingerprint density at radius 1 is 1.22 bits per heavy atom. The lowest BCUT2D eigenvalue weighted by Crippen LogP contribution is -2.04. The number of nitrogens with zero attached hydrogens (tertiary/aromatic N) is 4. The smallest absolute Gasteiger partial charge is 0.220 e. The minimum Gasteiger partial charge on any atom is -0.493 e. The van der Waals surface area contributed by atoms with Gasteiger partial charge in [-0.3, -0.25) is 14.3 Å². The van der Waals surface area contributed by atoms with Gasteiger partial charge in [0, 0.05) is 31.6 Å². The predicted molar refractivity (Wildman–Crippen MR) is 102 cm³/mol. The molecule has 0 radical (unpaired) electrons. The number of carbonyl (C=O) groups is 2. The van der Waals surface area contributed by atoms with Crippen LogP contribution >= 0.6 is 23.2 Å². The third-order valence-electron chi connectivity index (χ3n) is 4.19. The van der Waals surface area contributed by atoms with Gasteiger partial charge in [0.2, 0.25) is 11.7 Å². The molecule has 2 heterocycles. The van der Waals surface area contributed by atoms with Crippen molar-refractivity contribution in [3.8, 4) is 17.1 Å². The number of hydrogen-bond acceptors (Lipinski definition) is 5. The first kappa shape index (κ1) is 19.1. The summed E-state index contributed by atoms with van der Waals surface area (Å²) in [6.07, 6.45) is 1.30. The molecule has 1 N–H and O–H groups in total. The Kier molecular flexibility index (Phi) is 5.08. The van der Waals surface area contributed by atoms with Gasteiger partial charge in [-0.05, 0) is 25.1 Å². The normalized spacial score (nSPS) is 11.0. The van der Waals surface area contributed by atoms with Gasteiger partial charge in [-0.1, -0.05) is 23.2 Å². The Morgan fingerprint density at radius 2 is 1.93 bits per heavy atom. The summed E-state index contributed by atoms with van der Waals surface area (Å²) in [6, 6.07) is 4.59. The molecule has 0 aliphatic rings. The van der Waals surface area contributed by atoms with Crippen LogP contribution in [0, 0.1) is 0 Å². The number of aryl methyl sites for hydroxylation is 2. The molecule has 0 spiro atoms. The Hall–Kier alpha value is -2.64. The second kappa shape index (κ2) is 7.17. The van der Waals surface area contributed by atoms with Gasteiger partial charge in [0.25, 0.3) is 0 Å². The van der Waals surface area contributed by atoms with Gasteiger partial charge in [-0.2, -0.15) is 10.2 Å². The van der Waals surface area contributed by atoms with Crippen molar-refractivity contribution >= 4 is 34.8 Å². The quantitative estimate of drug-likeness (QED) is 0.651. The van der Waals surface area contributed by atoms with E-state index in [1.807, 2.05) is 0 Å². The molecule has 3 aromatic rings. The molecule has 140 valence electrons. The summed E-state index contributed by atoms with van der Waals surface area (Å²) in [5.74, 6) is -0.910. The van der Waals surface area contributed by atoms with Crippen LogP contribution in [0.15, 0.2) is 24.4 Å². The minimum absolute atomic E-state index is 0.0430. The Labute approximate surface area is 165 Å². The fourth-order valence-corrected chi connectivity index (χ4v) is 3.40. The summed E-state index contributed by atoms with van der Waals surface area (Å²) in [4.78, 5) is 24.5. The maximum atomic E-state index is 12.9. The van der Waals surface area contributed by atoms with Gasteiger partial charge >= 0.3 is 0 Å². The van der Waals surface area contributed by atoms with Crippen molar-refractivity contribution in [2.75, 3.05) is 0 Å². The highest BCUT2D eigenvalue weighted by Gasteiger charge is 2.24. The summed E-state index contributed by atoms with van der Waals surface area (Å²) < 4.78 is 2.78. The molecular formula is C18H16Cl2N4O3. The molecule has 1 aromatic carbocycles.